The molecule has 5 heteroatoms. The lowest BCUT2D eigenvalue weighted by Crippen LogP contribution is -2.47. The number of hydrogen-bond acceptors (Lipinski definition) is 4. The molecule has 0 aromatic heterocycles. The van der Waals surface area contributed by atoms with Gasteiger partial charge in [-0.2, -0.15) is 0 Å². The van der Waals surface area contributed by atoms with E-state index in [1.807, 2.05) is 37.3 Å². The number of aliphatic hydroxyl groups is 1. The molecule has 1 saturated heterocycles. The first-order chi connectivity index (χ1) is 13.1. The lowest BCUT2D eigenvalue weighted by Gasteiger charge is -2.30. The minimum absolute atomic E-state index is 0.205. The topological polar surface area (TPSA) is 66.8 Å². The number of allylic oxidation sites excluding steroid dienone is 1. The van der Waals surface area contributed by atoms with Gasteiger partial charge in [0.05, 0.1) is 18.1 Å². The highest BCUT2D eigenvalue weighted by atomic mass is 16.6. The van der Waals surface area contributed by atoms with Crippen LogP contribution in [0.1, 0.15) is 51.0 Å². The van der Waals surface area contributed by atoms with Crippen LogP contribution in [0.5, 0.6) is 0 Å². The molecule has 3 rings (SSSR count). The fraction of sp³-hybridized carbons (Fsp3) is 0.545. The molecule has 1 aromatic rings. The predicted molar refractivity (Wildman–Crippen MR) is 103 cm³/mol. The lowest BCUT2D eigenvalue weighted by molar-refractivity contribution is -0.136. The maximum Gasteiger partial charge on any atom is 0.416 e. The Morgan fingerprint density at radius 1 is 1.30 bits per heavy atom. The zero-order valence-corrected chi connectivity index (χ0v) is 16.0. The number of cyclic esters (lactones) is 1. The molecule has 1 N–H and O–H groups in total. The summed E-state index contributed by atoms with van der Waals surface area (Å²) in [6, 6.07) is 9.47. The Morgan fingerprint density at radius 3 is 2.74 bits per heavy atom. The monoisotopic (exact) mass is 371 g/mol. The molecule has 3 atom stereocenters. The van der Waals surface area contributed by atoms with E-state index in [-0.39, 0.29) is 18.6 Å². The van der Waals surface area contributed by atoms with E-state index in [2.05, 4.69) is 6.08 Å². The van der Waals surface area contributed by atoms with Crippen molar-refractivity contribution in [2.75, 3.05) is 6.61 Å². The van der Waals surface area contributed by atoms with Crippen LogP contribution in [0.3, 0.4) is 0 Å². The van der Waals surface area contributed by atoms with Gasteiger partial charge in [-0.15, -0.1) is 0 Å². The Labute approximate surface area is 161 Å². The summed E-state index contributed by atoms with van der Waals surface area (Å²) in [5.74, 6) is -0.900. The van der Waals surface area contributed by atoms with Gasteiger partial charge in [0.15, 0.2) is 0 Å². The highest BCUT2D eigenvalue weighted by Crippen LogP contribution is 2.30. The van der Waals surface area contributed by atoms with Crippen molar-refractivity contribution in [2.45, 2.75) is 64.0 Å². The fourth-order valence-electron chi connectivity index (χ4n) is 4.06. The van der Waals surface area contributed by atoms with Crippen LogP contribution in [-0.2, 0) is 16.0 Å². The average Bonchev–Trinajstić information content (AvgIpc) is 3.06. The number of ether oxygens (including phenoxy) is 1. The summed E-state index contributed by atoms with van der Waals surface area (Å²) < 4.78 is 5.19. The van der Waals surface area contributed by atoms with E-state index in [1.165, 1.54) is 4.90 Å². The minimum atomic E-state index is -0.816. The number of hydrogen-bond donors (Lipinski definition) is 1. The second kappa shape index (κ2) is 9.18. The van der Waals surface area contributed by atoms with Crippen molar-refractivity contribution in [1.82, 2.24) is 4.90 Å². The van der Waals surface area contributed by atoms with Gasteiger partial charge in [0.2, 0.25) is 5.91 Å². The van der Waals surface area contributed by atoms with E-state index >= 15 is 0 Å². The lowest BCUT2D eigenvalue weighted by atomic mass is 9.85. The van der Waals surface area contributed by atoms with Crippen LogP contribution in [0.15, 0.2) is 42.0 Å². The summed E-state index contributed by atoms with van der Waals surface area (Å²) in [7, 11) is 0. The molecule has 0 spiro atoms. The molecule has 1 fully saturated rings. The zero-order valence-electron chi connectivity index (χ0n) is 16.0. The molecule has 0 unspecified atom stereocenters. The molecule has 1 aliphatic carbocycles. The molecule has 27 heavy (non-hydrogen) atoms. The first-order valence-electron chi connectivity index (χ1n) is 10.0. The number of benzene rings is 1. The van der Waals surface area contributed by atoms with Gasteiger partial charge in [-0.05, 0) is 49.7 Å². The van der Waals surface area contributed by atoms with Crippen molar-refractivity contribution in [3.05, 3.63) is 47.5 Å². The zero-order chi connectivity index (χ0) is 19.2. The smallest absolute Gasteiger partial charge is 0.416 e. The van der Waals surface area contributed by atoms with E-state index in [4.69, 9.17) is 4.74 Å². The van der Waals surface area contributed by atoms with E-state index in [0.29, 0.717) is 12.8 Å². The number of amides is 2. The van der Waals surface area contributed by atoms with E-state index in [1.54, 1.807) is 0 Å². The second-order valence-electron chi connectivity index (χ2n) is 7.49. The van der Waals surface area contributed by atoms with Gasteiger partial charge >= 0.3 is 6.09 Å². The highest BCUT2D eigenvalue weighted by molar-refractivity contribution is 5.95. The van der Waals surface area contributed by atoms with Crippen LogP contribution in [-0.4, -0.2) is 40.8 Å². The molecular formula is C22H29NO4. The molecule has 146 valence electrons. The fourth-order valence-corrected chi connectivity index (χ4v) is 4.06. The number of carbonyl (C=O) groups excluding carboxylic acids is 2. The Hall–Kier alpha value is -2.14. The van der Waals surface area contributed by atoms with E-state index in [9.17, 15) is 14.7 Å². The van der Waals surface area contributed by atoms with Gasteiger partial charge in [-0.1, -0.05) is 49.8 Å². The molecule has 1 aromatic carbocycles. The quantitative estimate of drug-likeness (QED) is 0.739. The SMILES string of the molecule is CCC[C@@H](C(=O)N1C(=O)OC[C@H]1Cc1ccccc1)[C@@H](O)C1=CCCCC1. The van der Waals surface area contributed by atoms with Crippen LogP contribution in [0.4, 0.5) is 4.79 Å². The van der Waals surface area contributed by atoms with Gasteiger partial charge < -0.3 is 9.84 Å². The third-order valence-corrected chi connectivity index (χ3v) is 5.52. The molecule has 1 heterocycles. The molecule has 0 bridgehead atoms. The third-order valence-electron chi connectivity index (χ3n) is 5.52. The third kappa shape index (κ3) is 4.59. The van der Waals surface area contributed by atoms with Crippen LogP contribution in [0, 0.1) is 5.92 Å². The minimum Gasteiger partial charge on any atom is -0.447 e. The summed E-state index contributed by atoms with van der Waals surface area (Å²) >= 11 is 0. The van der Waals surface area contributed by atoms with Crippen LogP contribution in [0.2, 0.25) is 0 Å². The van der Waals surface area contributed by atoms with E-state index in [0.717, 1.165) is 43.2 Å². The number of imide groups is 1. The molecule has 2 aliphatic rings. The molecule has 1 aliphatic heterocycles. The Morgan fingerprint density at radius 2 is 2.07 bits per heavy atom. The predicted octanol–water partition coefficient (Wildman–Crippen LogP) is 3.85. The van der Waals surface area contributed by atoms with Crippen molar-refractivity contribution in [3.63, 3.8) is 0 Å². The van der Waals surface area contributed by atoms with Crippen LogP contribution in [0.25, 0.3) is 0 Å². The molecule has 5 nitrogen and oxygen atoms in total. The first kappa shape index (κ1) is 19.6. The van der Waals surface area contributed by atoms with Gasteiger partial charge in [0.1, 0.15) is 6.61 Å². The normalized spacial score (nSPS) is 22.1. The first-order valence-corrected chi connectivity index (χ1v) is 10.0. The number of carbonyl (C=O) groups is 2. The Balaban J connectivity index is 1.78. The summed E-state index contributed by atoms with van der Waals surface area (Å²) in [5.41, 5.74) is 2.00. The molecular weight excluding hydrogens is 342 g/mol. The molecule has 2 amide bonds. The number of aliphatic hydroxyl groups excluding tert-OH is 1. The maximum absolute atomic E-state index is 13.3. The van der Waals surface area contributed by atoms with E-state index < -0.39 is 18.1 Å². The summed E-state index contributed by atoms with van der Waals surface area (Å²) in [5, 5.41) is 10.9. The molecule has 0 saturated carbocycles. The largest absolute Gasteiger partial charge is 0.447 e. The summed E-state index contributed by atoms with van der Waals surface area (Å²) in [4.78, 5) is 26.8. The van der Waals surface area contributed by atoms with Gasteiger partial charge in [0, 0.05) is 0 Å². The summed E-state index contributed by atoms with van der Waals surface area (Å²) in [6.07, 6.45) is 6.48. The summed E-state index contributed by atoms with van der Waals surface area (Å²) in [6.45, 7) is 2.20. The van der Waals surface area contributed by atoms with Crippen LogP contribution < -0.4 is 0 Å². The number of rotatable bonds is 7. The Bertz CT molecular complexity index is 685. The highest BCUT2D eigenvalue weighted by Gasteiger charge is 2.43. The Kier molecular flexibility index (Phi) is 6.67. The van der Waals surface area contributed by atoms with Crippen LogP contribution >= 0.6 is 0 Å². The second-order valence-corrected chi connectivity index (χ2v) is 7.49. The van der Waals surface area contributed by atoms with Gasteiger partial charge in [0.25, 0.3) is 0 Å². The van der Waals surface area contributed by atoms with Crippen molar-refractivity contribution in [3.8, 4) is 0 Å². The maximum atomic E-state index is 13.3. The van der Waals surface area contributed by atoms with Crippen molar-refractivity contribution in [1.29, 1.82) is 0 Å². The number of nitrogens with zero attached hydrogens (tertiary/aromatic N) is 1. The molecule has 0 radical (unpaired) electrons. The van der Waals surface area contributed by atoms with Crippen molar-refractivity contribution < 1.29 is 19.4 Å². The van der Waals surface area contributed by atoms with Crippen molar-refractivity contribution >= 4 is 12.0 Å². The average molecular weight is 371 g/mol. The van der Waals surface area contributed by atoms with Gasteiger partial charge in [-0.25, -0.2) is 9.69 Å². The van der Waals surface area contributed by atoms with Crippen molar-refractivity contribution in [2.24, 2.45) is 5.92 Å². The van der Waals surface area contributed by atoms with Gasteiger partial charge in [-0.3, -0.25) is 4.79 Å². The standard InChI is InChI=1S/C22H29NO4/c1-2-9-19(20(24)17-12-7-4-8-13-17)21(25)23-18(15-27-22(23)26)14-16-10-5-3-6-11-16/h3,5-6,10-12,18-20,24H,2,4,7-9,13-15H2,1H3/t18-,19-,20+/m1/s1.